The lowest BCUT2D eigenvalue weighted by Crippen LogP contribution is -2.40. The Bertz CT molecular complexity index is 555. The van der Waals surface area contributed by atoms with Gasteiger partial charge in [0.25, 0.3) is 0 Å². The molecule has 2 aliphatic rings. The first-order valence-corrected chi connectivity index (χ1v) is 9.22. The number of hydrogen-bond acceptors (Lipinski definition) is 2. The molecule has 110 valence electrons. The van der Waals surface area contributed by atoms with Gasteiger partial charge in [-0.25, -0.2) is 13.1 Å². The lowest BCUT2D eigenvalue weighted by atomic mass is 9.84. The highest BCUT2D eigenvalue weighted by atomic mass is 32.2. The molecule has 0 radical (unpaired) electrons. The summed E-state index contributed by atoms with van der Waals surface area (Å²) in [6, 6.07) is 9.46. The van der Waals surface area contributed by atoms with Gasteiger partial charge in [-0.05, 0) is 49.5 Å². The molecule has 2 aliphatic carbocycles. The first-order valence-electron chi connectivity index (χ1n) is 7.57. The van der Waals surface area contributed by atoms with Gasteiger partial charge in [0.2, 0.25) is 10.0 Å². The minimum atomic E-state index is -3.24. The highest BCUT2D eigenvalue weighted by molar-refractivity contribution is 7.88. The van der Waals surface area contributed by atoms with E-state index in [1.54, 1.807) is 0 Å². The van der Waals surface area contributed by atoms with Crippen LogP contribution in [0.15, 0.2) is 30.3 Å². The van der Waals surface area contributed by atoms with Crippen LogP contribution in [0.25, 0.3) is 0 Å². The second kappa shape index (κ2) is 5.49. The Balaban J connectivity index is 1.61. The van der Waals surface area contributed by atoms with Gasteiger partial charge in [0.05, 0.1) is 5.75 Å². The lowest BCUT2D eigenvalue weighted by molar-refractivity contribution is 0.280. The van der Waals surface area contributed by atoms with E-state index in [-0.39, 0.29) is 11.8 Å². The quantitative estimate of drug-likeness (QED) is 0.907. The molecule has 0 aromatic heterocycles. The molecule has 2 saturated carbocycles. The van der Waals surface area contributed by atoms with Gasteiger partial charge in [-0.1, -0.05) is 36.8 Å². The van der Waals surface area contributed by atoms with Crippen molar-refractivity contribution in [3.63, 3.8) is 0 Å². The lowest BCUT2D eigenvalue weighted by Gasteiger charge is -2.28. The van der Waals surface area contributed by atoms with Gasteiger partial charge in [-0.15, -0.1) is 0 Å². The van der Waals surface area contributed by atoms with Crippen molar-refractivity contribution in [2.75, 3.05) is 0 Å². The van der Waals surface area contributed by atoms with Crippen molar-refractivity contribution in [1.82, 2.24) is 4.72 Å². The van der Waals surface area contributed by atoms with Crippen LogP contribution in [0.1, 0.15) is 38.2 Å². The fourth-order valence-corrected chi connectivity index (χ4v) is 5.57. The van der Waals surface area contributed by atoms with Crippen molar-refractivity contribution < 1.29 is 8.42 Å². The standard InChI is InChI=1S/C16H23NO2S/c1-12(16-10-14-7-8-15(16)9-14)17-20(18,19)11-13-5-3-2-4-6-13/h2-6,12,14-17H,7-11H2,1H3. The van der Waals surface area contributed by atoms with Crippen molar-refractivity contribution >= 4 is 10.0 Å². The van der Waals surface area contributed by atoms with Crippen LogP contribution in [0, 0.1) is 17.8 Å². The number of nitrogens with one attached hydrogen (secondary N) is 1. The fraction of sp³-hybridized carbons (Fsp3) is 0.625. The average Bonchev–Trinajstić information content (AvgIpc) is 3.01. The van der Waals surface area contributed by atoms with Crippen molar-refractivity contribution in [1.29, 1.82) is 0 Å². The van der Waals surface area contributed by atoms with Crippen molar-refractivity contribution in [3.05, 3.63) is 35.9 Å². The summed E-state index contributed by atoms with van der Waals surface area (Å²) >= 11 is 0. The molecule has 2 fully saturated rings. The number of sulfonamides is 1. The molecule has 0 spiro atoms. The minimum Gasteiger partial charge on any atom is -0.212 e. The summed E-state index contributed by atoms with van der Waals surface area (Å²) in [5.41, 5.74) is 0.847. The molecule has 3 rings (SSSR count). The van der Waals surface area contributed by atoms with Gasteiger partial charge < -0.3 is 0 Å². The van der Waals surface area contributed by atoms with E-state index in [1.807, 2.05) is 37.3 Å². The average molecular weight is 293 g/mol. The van der Waals surface area contributed by atoms with E-state index in [1.165, 1.54) is 25.7 Å². The molecule has 20 heavy (non-hydrogen) atoms. The molecular weight excluding hydrogens is 270 g/mol. The van der Waals surface area contributed by atoms with E-state index in [4.69, 9.17) is 0 Å². The van der Waals surface area contributed by atoms with Gasteiger partial charge in [-0.3, -0.25) is 0 Å². The normalized spacial score (nSPS) is 30.6. The largest absolute Gasteiger partial charge is 0.216 e. The van der Waals surface area contributed by atoms with Gasteiger partial charge >= 0.3 is 0 Å². The second-order valence-corrected chi connectivity index (χ2v) is 8.24. The zero-order valence-electron chi connectivity index (χ0n) is 12.0. The topological polar surface area (TPSA) is 46.2 Å². The van der Waals surface area contributed by atoms with Crippen LogP contribution < -0.4 is 4.72 Å². The smallest absolute Gasteiger partial charge is 0.212 e. The minimum absolute atomic E-state index is 0.0685. The van der Waals surface area contributed by atoms with E-state index < -0.39 is 10.0 Å². The van der Waals surface area contributed by atoms with E-state index in [9.17, 15) is 8.42 Å². The van der Waals surface area contributed by atoms with E-state index in [2.05, 4.69) is 4.72 Å². The number of hydrogen-bond donors (Lipinski definition) is 1. The monoisotopic (exact) mass is 293 g/mol. The molecule has 0 amide bonds. The van der Waals surface area contributed by atoms with Crippen LogP contribution in [0.2, 0.25) is 0 Å². The van der Waals surface area contributed by atoms with E-state index in [0.29, 0.717) is 5.92 Å². The molecule has 2 bridgehead atoms. The fourth-order valence-electron chi connectivity index (χ4n) is 4.11. The van der Waals surface area contributed by atoms with Crippen LogP contribution >= 0.6 is 0 Å². The maximum atomic E-state index is 12.3. The second-order valence-electron chi connectivity index (χ2n) is 6.49. The van der Waals surface area contributed by atoms with Crippen molar-refractivity contribution in [2.45, 2.75) is 44.4 Å². The van der Waals surface area contributed by atoms with Crippen molar-refractivity contribution in [3.8, 4) is 0 Å². The highest BCUT2D eigenvalue weighted by Gasteiger charge is 2.42. The third-order valence-corrected chi connectivity index (χ3v) is 6.44. The summed E-state index contributed by atoms with van der Waals surface area (Å²) in [5, 5.41) is 0. The Hall–Kier alpha value is -0.870. The molecule has 1 N–H and O–H groups in total. The predicted molar refractivity (Wildman–Crippen MR) is 80.6 cm³/mol. The number of benzene rings is 1. The molecule has 3 nitrogen and oxygen atoms in total. The van der Waals surface area contributed by atoms with Crippen LogP contribution in [0.3, 0.4) is 0 Å². The summed E-state index contributed by atoms with van der Waals surface area (Å²) < 4.78 is 27.4. The Morgan fingerprint density at radius 3 is 2.55 bits per heavy atom. The zero-order chi connectivity index (χ0) is 14.2. The molecule has 0 heterocycles. The van der Waals surface area contributed by atoms with Crippen LogP contribution in [0.5, 0.6) is 0 Å². The SMILES string of the molecule is CC(NS(=O)(=O)Cc1ccccc1)C1CC2CCC1C2. The van der Waals surface area contributed by atoms with E-state index >= 15 is 0 Å². The molecule has 4 unspecified atom stereocenters. The van der Waals surface area contributed by atoms with Crippen LogP contribution in [0.4, 0.5) is 0 Å². The van der Waals surface area contributed by atoms with Crippen LogP contribution in [-0.2, 0) is 15.8 Å². The highest BCUT2D eigenvalue weighted by Crippen LogP contribution is 2.49. The van der Waals surface area contributed by atoms with Gasteiger partial charge in [0.1, 0.15) is 0 Å². The maximum Gasteiger partial charge on any atom is 0.216 e. The third kappa shape index (κ3) is 3.07. The number of fused-ring (bicyclic) bond motifs is 2. The van der Waals surface area contributed by atoms with E-state index in [0.717, 1.165) is 17.4 Å². The molecule has 4 atom stereocenters. The maximum absolute atomic E-state index is 12.3. The van der Waals surface area contributed by atoms with Gasteiger partial charge in [-0.2, -0.15) is 0 Å². The summed E-state index contributed by atoms with van der Waals surface area (Å²) in [6.07, 6.45) is 5.17. The Kier molecular flexibility index (Phi) is 3.87. The molecule has 1 aromatic rings. The molecule has 0 aliphatic heterocycles. The van der Waals surface area contributed by atoms with Crippen LogP contribution in [-0.4, -0.2) is 14.5 Å². The summed E-state index contributed by atoms with van der Waals surface area (Å²) in [5.74, 6) is 2.22. The summed E-state index contributed by atoms with van der Waals surface area (Å²) in [7, 11) is -3.24. The summed E-state index contributed by atoms with van der Waals surface area (Å²) in [6.45, 7) is 2.04. The zero-order valence-corrected chi connectivity index (χ0v) is 12.8. The van der Waals surface area contributed by atoms with Gasteiger partial charge in [0, 0.05) is 6.04 Å². The third-order valence-electron chi connectivity index (χ3n) is 5.00. The number of rotatable bonds is 5. The van der Waals surface area contributed by atoms with Gasteiger partial charge in [0.15, 0.2) is 0 Å². The summed E-state index contributed by atoms with van der Waals surface area (Å²) in [4.78, 5) is 0. The molecular formula is C16H23NO2S. The Morgan fingerprint density at radius 2 is 1.95 bits per heavy atom. The van der Waals surface area contributed by atoms with Crippen molar-refractivity contribution in [2.24, 2.45) is 17.8 Å². The predicted octanol–water partition coefficient (Wildman–Crippen LogP) is 2.93. The molecule has 4 heteroatoms. The Morgan fingerprint density at radius 1 is 1.20 bits per heavy atom. The Labute approximate surface area is 121 Å². The molecule has 0 saturated heterocycles. The first kappa shape index (κ1) is 14.1. The first-order chi connectivity index (χ1) is 9.53. The molecule has 1 aromatic carbocycles.